The third kappa shape index (κ3) is 3.99. The number of carbonyl (C=O) groups is 1. The van der Waals surface area contributed by atoms with Crippen LogP contribution in [0.15, 0.2) is 59.4 Å². The molecule has 0 bridgehead atoms. The van der Waals surface area contributed by atoms with Gasteiger partial charge in [0.15, 0.2) is 0 Å². The van der Waals surface area contributed by atoms with Crippen LogP contribution in [0.5, 0.6) is 0 Å². The first-order valence-electron chi connectivity index (χ1n) is 9.80. The molecule has 2 aromatic carbocycles. The van der Waals surface area contributed by atoms with Gasteiger partial charge in [0.05, 0.1) is 30.0 Å². The number of hydrogen-bond donors (Lipinski definition) is 0. The van der Waals surface area contributed by atoms with Gasteiger partial charge in [-0.2, -0.15) is 15.2 Å². The minimum absolute atomic E-state index is 0.172. The topological polar surface area (TPSA) is 86.7 Å². The Bertz CT molecular complexity index is 1510. The molecule has 0 unspecified atom stereocenters. The molecule has 5 rings (SSSR count). The number of halogens is 3. The van der Waals surface area contributed by atoms with E-state index in [4.69, 9.17) is 39.3 Å². The van der Waals surface area contributed by atoms with Gasteiger partial charge >= 0.3 is 0 Å². The molecule has 0 saturated heterocycles. The fraction of sp³-hybridized carbons (Fsp3) is 0.0870. The average molecular weight is 499 g/mol. The van der Waals surface area contributed by atoms with Crippen LogP contribution in [0, 0.1) is 6.92 Å². The van der Waals surface area contributed by atoms with Crippen molar-refractivity contribution in [3.05, 3.63) is 92.6 Å². The van der Waals surface area contributed by atoms with E-state index in [0.29, 0.717) is 27.5 Å². The van der Waals surface area contributed by atoms with Crippen LogP contribution in [0.25, 0.3) is 22.3 Å². The van der Waals surface area contributed by atoms with Crippen molar-refractivity contribution in [2.24, 2.45) is 0 Å². The maximum Gasteiger partial charge on any atom is 0.299 e. The molecule has 3 heterocycles. The van der Waals surface area contributed by atoms with Crippen molar-refractivity contribution in [2.75, 3.05) is 0 Å². The molecule has 10 heteroatoms. The third-order valence-corrected chi connectivity index (χ3v) is 6.17. The molecule has 0 aliphatic carbocycles. The number of ketones is 1. The molecule has 0 atom stereocenters. The number of aromatic nitrogens is 5. The number of rotatable bonds is 5. The van der Waals surface area contributed by atoms with Gasteiger partial charge in [0.1, 0.15) is 5.15 Å². The van der Waals surface area contributed by atoms with E-state index in [2.05, 4.69) is 20.3 Å². The molecular formula is C23H14Cl3N5O2. The predicted molar refractivity (Wildman–Crippen MR) is 126 cm³/mol. The average Bonchev–Trinajstić information content (AvgIpc) is 3.39. The molecule has 0 radical (unpaired) electrons. The van der Waals surface area contributed by atoms with E-state index in [1.807, 2.05) is 35.8 Å². The lowest BCUT2D eigenvalue weighted by molar-refractivity contribution is 0.0995. The number of hydrogen-bond acceptors (Lipinski definition) is 6. The number of aryl methyl sites for hydroxylation is 1. The van der Waals surface area contributed by atoms with Gasteiger partial charge in [0.25, 0.3) is 11.7 Å². The molecular weight excluding hydrogens is 485 g/mol. The molecule has 0 saturated carbocycles. The summed E-state index contributed by atoms with van der Waals surface area (Å²) in [7, 11) is 0. The lowest BCUT2D eigenvalue weighted by atomic mass is 10.1. The molecule has 0 amide bonds. The van der Waals surface area contributed by atoms with Crippen LogP contribution < -0.4 is 0 Å². The van der Waals surface area contributed by atoms with Gasteiger partial charge in [0.2, 0.25) is 5.82 Å². The van der Waals surface area contributed by atoms with Gasteiger partial charge in [-0.15, -0.1) is 0 Å². The van der Waals surface area contributed by atoms with Crippen molar-refractivity contribution in [1.82, 2.24) is 24.9 Å². The van der Waals surface area contributed by atoms with Gasteiger partial charge in [0, 0.05) is 21.0 Å². The van der Waals surface area contributed by atoms with Crippen molar-refractivity contribution in [3.63, 3.8) is 0 Å². The first kappa shape index (κ1) is 21.6. The largest absolute Gasteiger partial charge is 0.330 e. The zero-order chi connectivity index (χ0) is 23.1. The van der Waals surface area contributed by atoms with Crippen LogP contribution >= 0.6 is 34.8 Å². The zero-order valence-corrected chi connectivity index (χ0v) is 19.4. The number of carbonyl (C=O) groups excluding carboxylic acids is 1. The Morgan fingerprint density at radius 2 is 1.91 bits per heavy atom. The lowest BCUT2D eigenvalue weighted by Gasteiger charge is -2.10. The summed E-state index contributed by atoms with van der Waals surface area (Å²) in [6.45, 7) is 2.29. The van der Waals surface area contributed by atoms with Gasteiger partial charge in [-0.1, -0.05) is 57.7 Å². The fourth-order valence-corrected chi connectivity index (χ4v) is 4.40. The summed E-state index contributed by atoms with van der Waals surface area (Å²) < 4.78 is 7.09. The molecule has 5 aromatic rings. The van der Waals surface area contributed by atoms with Crippen LogP contribution in [-0.4, -0.2) is 30.7 Å². The minimum Gasteiger partial charge on any atom is -0.330 e. The second-order valence-corrected chi connectivity index (χ2v) is 8.59. The molecule has 0 fully saturated rings. The highest BCUT2D eigenvalue weighted by atomic mass is 35.5. The summed E-state index contributed by atoms with van der Waals surface area (Å²) >= 11 is 19.2. The highest BCUT2D eigenvalue weighted by molar-refractivity contribution is 6.37. The normalized spacial score (nSPS) is 11.3. The molecule has 7 nitrogen and oxygen atoms in total. The zero-order valence-electron chi connectivity index (χ0n) is 17.1. The Labute approximate surface area is 202 Å². The molecule has 0 aliphatic rings. The first-order valence-corrected chi connectivity index (χ1v) is 10.9. The molecule has 3 aromatic heterocycles. The molecule has 0 spiro atoms. The number of nitrogens with zero attached hydrogens (tertiary/aromatic N) is 5. The Balaban J connectivity index is 1.61. The van der Waals surface area contributed by atoms with Gasteiger partial charge < -0.3 is 9.09 Å². The van der Waals surface area contributed by atoms with Gasteiger partial charge in [-0.05, 0) is 42.8 Å². The molecule has 0 aliphatic heterocycles. The Kier molecular flexibility index (Phi) is 5.62. The summed E-state index contributed by atoms with van der Waals surface area (Å²) in [5.41, 5.74) is 3.42. The van der Waals surface area contributed by atoms with E-state index >= 15 is 0 Å². The first-order chi connectivity index (χ1) is 15.9. The Morgan fingerprint density at radius 3 is 2.67 bits per heavy atom. The Morgan fingerprint density at radius 1 is 1.06 bits per heavy atom. The second-order valence-electron chi connectivity index (χ2n) is 7.39. The SMILES string of the molecule is Cc1ccc2c(c1)c(C(=O)c1nc(-c3ccnnc3)no1)c(Cl)n2Cc1ccc(Cl)cc1Cl. The predicted octanol–water partition coefficient (Wildman–Crippen LogP) is 6.03. The third-order valence-electron chi connectivity index (χ3n) is 5.19. The van der Waals surface area contributed by atoms with Crippen molar-refractivity contribution in [2.45, 2.75) is 13.5 Å². The summed E-state index contributed by atoms with van der Waals surface area (Å²) in [5.74, 6) is -0.414. The van der Waals surface area contributed by atoms with Crippen LogP contribution in [0.3, 0.4) is 0 Å². The van der Waals surface area contributed by atoms with Crippen LogP contribution in [0.1, 0.15) is 27.4 Å². The molecule has 164 valence electrons. The summed E-state index contributed by atoms with van der Waals surface area (Å²) in [4.78, 5) is 17.7. The minimum atomic E-state index is -0.475. The maximum atomic E-state index is 13.4. The smallest absolute Gasteiger partial charge is 0.299 e. The van der Waals surface area contributed by atoms with Gasteiger partial charge in [-0.25, -0.2) is 0 Å². The lowest BCUT2D eigenvalue weighted by Crippen LogP contribution is -2.04. The van der Waals surface area contributed by atoms with E-state index in [1.165, 1.54) is 12.4 Å². The summed E-state index contributed by atoms with van der Waals surface area (Å²) in [5, 5.41) is 13.4. The van der Waals surface area contributed by atoms with E-state index < -0.39 is 5.78 Å². The number of fused-ring (bicyclic) bond motifs is 1. The second kappa shape index (κ2) is 8.59. The standard InChI is InChI=1S/C23H14Cl3N5O2/c1-12-2-5-18-16(8-12)19(21(26)31(18)11-14-3-4-15(24)9-17(14)25)20(32)23-29-22(30-33-23)13-6-7-27-28-10-13/h2-10H,11H2,1H3. The summed E-state index contributed by atoms with van der Waals surface area (Å²) in [6.07, 6.45) is 2.99. The van der Waals surface area contributed by atoms with E-state index in [1.54, 1.807) is 18.2 Å². The van der Waals surface area contributed by atoms with E-state index in [9.17, 15) is 4.79 Å². The van der Waals surface area contributed by atoms with Crippen molar-refractivity contribution >= 4 is 51.5 Å². The molecule has 33 heavy (non-hydrogen) atoms. The quantitative estimate of drug-likeness (QED) is 0.275. The monoisotopic (exact) mass is 497 g/mol. The van der Waals surface area contributed by atoms with Crippen molar-refractivity contribution in [3.8, 4) is 11.4 Å². The highest BCUT2D eigenvalue weighted by Gasteiger charge is 2.27. The Hall–Kier alpha value is -3.26. The van der Waals surface area contributed by atoms with Gasteiger partial charge in [-0.3, -0.25) is 4.79 Å². The van der Waals surface area contributed by atoms with E-state index in [0.717, 1.165) is 16.6 Å². The van der Waals surface area contributed by atoms with Crippen LogP contribution in [0.4, 0.5) is 0 Å². The van der Waals surface area contributed by atoms with Crippen molar-refractivity contribution < 1.29 is 9.32 Å². The maximum absolute atomic E-state index is 13.4. The van der Waals surface area contributed by atoms with Crippen molar-refractivity contribution in [1.29, 1.82) is 0 Å². The fourth-order valence-electron chi connectivity index (χ4n) is 3.59. The van der Waals surface area contributed by atoms with Crippen LogP contribution in [-0.2, 0) is 6.54 Å². The molecule has 0 N–H and O–H groups in total. The van der Waals surface area contributed by atoms with Crippen LogP contribution in [0.2, 0.25) is 15.2 Å². The number of benzene rings is 2. The van der Waals surface area contributed by atoms with E-state index in [-0.39, 0.29) is 22.4 Å². The summed E-state index contributed by atoms with van der Waals surface area (Å²) in [6, 6.07) is 12.7. The highest BCUT2D eigenvalue weighted by Crippen LogP contribution is 2.34.